The second kappa shape index (κ2) is 9.57. The van der Waals surface area contributed by atoms with Crippen LogP contribution < -0.4 is 15.8 Å². The number of hydrogen-bond donors (Lipinski definition) is 3. The molecule has 1 aliphatic rings. The van der Waals surface area contributed by atoms with Crippen LogP contribution in [0.2, 0.25) is 0 Å². The summed E-state index contributed by atoms with van der Waals surface area (Å²) >= 11 is 1.34. The smallest absolute Gasteiger partial charge is 0.261 e. The van der Waals surface area contributed by atoms with Gasteiger partial charge in [0.05, 0.1) is 21.7 Å². The highest BCUT2D eigenvalue weighted by molar-refractivity contribution is 7.92. The van der Waals surface area contributed by atoms with E-state index in [1.54, 1.807) is 30.3 Å². The number of benzene rings is 2. The summed E-state index contributed by atoms with van der Waals surface area (Å²) in [5.74, 6) is -1.13. The molecule has 1 aliphatic heterocycles. The molecule has 0 bridgehead atoms. The Morgan fingerprint density at radius 1 is 1.06 bits per heavy atom. The van der Waals surface area contributed by atoms with Crippen molar-refractivity contribution >= 4 is 43.9 Å². The number of amides is 2. The Kier molecular flexibility index (Phi) is 6.74. The topological polar surface area (TPSA) is 122 Å². The Bertz CT molecular complexity index is 1330. The van der Waals surface area contributed by atoms with Crippen molar-refractivity contribution in [1.82, 2.24) is 4.90 Å². The van der Waals surface area contributed by atoms with Crippen LogP contribution in [0.3, 0.4) is 0 Å². The molecule has 2 amide bonds. The molecule has 2 heterocycles. The number of rotatable bonds is 7. The van der Waals surface area contributed by atoms with Gasteiger partial charge in [0.15, 0.2) is 0 Å². The van der Waals surface area contributed by atoms with Crippen molar-refractivity contribution in [3.8, 4) is 0 Å². The molecule has 0 aliphatic carbocycles. The maximum atomic E-state index is 13.2. The van der Waals surface area contributed by atoms with Crippen LogP contribution in [0, 0.1) is 0 Å². The van der Waals surface area contributed by atoms with Gasteiger partial charge in [-0.1, -0.05) is 30.3 Å². The average Bonchev–Trinajstić information content (AvgIpc) is 3.16. The monoisotopic (exact) mass is 498 g/mol. The van der Waals surface area contributed by atoms with Gasteiger partial charge in [-0.25, -0.2) is 8.42 Å². The molecule has 4 rings (SSSR count). The van der Waals surface area contributed by atoms with Crippen molar-refractivity contribution in [2.24, 2.45) is 5.73 Å². The number of nitrogens with zero attached hydrogens (tertiary/aromatic N) is 1. The van der Waals surface area contributed by atoms with Crippen LogP contribution in [0.5, 0.6) is 0 Å². The fourth-order valence-electron chi connectivity index (χ4n) is 3.96. The molecule has 0 saturated carbocycles. The molecule has 0 spiro atoms. The van der Waals surface area contributed by atoms with Gasteiger partial charge in [0.25, 0.3) is 21.8 Å². The van der Waals surface area contributed by atoms with E-state index >= 15 is 0 Å². The van der Waals surface area contributed by atoms with Crippen molar-refractivity contribution in [1.29, 1.82) is 0 Å². The lowest BCUT2D eigenvalue weighted by molar-refractivity contribution is 0.0999. The third-order valence-corrected chi connectivity index (χ3v) is 8.27. The van der Waals surface area contributed by atoms with Crippen LogP contribution in [-0.4, -0.2) is 37.7 Å². The highest BCUT2D eigenvalue weighted by atomic mass is 32.2. The minimum absolute atomic E-state index is 0.0851. The SMILES string of the molecule is CC(C)N1CCc2c(sc(NC(=O)c3ccccc3NS(=O)(=O)c3ccccc3)c2C(N)=O)C1. The number of carbonyl (C=O) groups excluding carboxylic acids is 2. The lowest BCUT2D eigenvalue weighted by Gasteiger charge is -2.30. The number of thiophene rings is 1. The third kappa shape index (κ3) is 4.84. The summed E-state index contributed by atoms with van der Waals surface area (Å²) in [4.78, 5) is 28.9. The zero-order valence-corrected chi connectivity index (χ0v) is 20.5. The van der Waals surface area contributed by atoms with Gasteiger partial charge in [0.2, 0.25) is 0 Å². The molecule has 1 aromatic heterocycles. The Labute approximate surface area is 202 Å². The normalized spacial score (nSPS) is 14.0. The van der Waals surface area contributed by atoms with E-state index in [1.165, 1.54) is 35.6 Å². The van der Waals surface area contributed by atoms with E-state index < -0.39 is 21.8 Å². The Balaban J connectivity index is 1.63. The summed E-state index contributed by atoms with van der Waals surface area (Å²) in [5, 5.41) is 3.18. The number of anilines is 2. The van der Waals surface area contributed by atoms with Gasteiger partial charge >= 0.3 is 0 Å². The summed E-state index contributed by atoms with van der Waals surface area (Å²) in [6.07, 6.45) is 0.672. The molecule has 34 heavy (non-hydrogen) atoms. The van der Waals surface area contributed by atoms with Crippen LogP contribution in [0.15, 0.2) is 59.5 Å². The fraction of sp³-hybridized carbons (Fsp3) is 0.250. The number of carbonyl (C=O) groups is 2. The van der Waals surface area contributed by atoms with E-state index in [0.717, 1.165) is 17.0 Å². The lowest BCUT2D eigenvalue weighted by atomic mass is 10.0. The third-order valence-electron chi connectivity index (χ3n) is 5.76. The molecule has 10 heteroatoms. The molecule has 0 radical (unpaired) electrons. The Hall–Kier alpha value is -3.21. The number of para-hydroxylation sites is 1. The maximum Gasteiger partial charge on any atom is 0.261 e. The molecule has 0 unspecified atom stereocenters. The summed E-state index contributed by atoms with van der Waals surface area (Å²) in [5.41, 5.74) is 7.16. The van der Waals surface area contributed by atoms with E-state index in [0.29, 0.717) is 29.6 Å². The van der Waals surface area contributed by atoms with Gasteiger partial charge in [-0.15, -0.1) is 11.3 Å². The Morgan fingerprint density at radius 2 is 1.74 bits per heavy atom. The number of hydrogen-bond acceptors (Lipinski definition) is 6. The molecule has 2 aromatic carbocycles. The highest BCUT2D eigenvalue weighted by Crippen LogP contribution is 2.38. The second-order valence-corrected chi connectivity index (χ2v) is 11.1. The minimum Gasteiger partial charge on any atom is -0.365 e. The summed E-state index contributed by atoms with van der Waals surface area (Å²) in [6.45, 7) is 5.72. The van der Waals surface area contributed by atoms with Crippen LogP contribution in [-0.2, 0) is 23.0 Å². The van der Waals surface area contributed by atoms with Gasteiger partial charge in [0, 0.05) is 24.0 Å². The Morgan fingerprint density at radius 3 is 2.41 bits per heavy atom. The summed E-state index contributed by atoms with van der Waals surface area (Å²) in [7, 11) is -3.89. The van der Waals surface area contributed by atoms with Gasteiger partial charge in [0.1, 0.15) is 5.00 Å². The van der Waals surface area contributed by atoms with Gasteiger partial charge in [-0.05, 0) is 50.1 Å². The van der Waals surface area contributed by atoms with Crippen molar-refractivity contribution in [3.63, 3.8) is 0 Å². The number of fused-ring (bicyclic) bond motifs is 1. The maximum absolute atomic E-state index is 13.2. The van der Waals surface area contributed by atoms with Crippen molar-refractivity contribution in [3.05, 3.63) is 76.2 Å². The molecule has 0 atom stereocenters. The number of nitrogens with one attached hydrogen (secondary N) is 2. The predicted molar refractivity (Wildman–Crippen MR) is 134 cm³/mol. The molecule has 8 nitrogen and oxygen atoms in total. The summed E-state index contributed by atoms with van der Waals surface area (Å²) in [6, 6.07) is 14.6. The molecule has 3 aromatic rings. The van der Waals surface area contributed by atoms with E-state index in [9.17, 15) is 18.0 Å². The lowest BCUT2D eigenvalue weighted by Crippen LogP contribution is -2.35. The zero-order valence-electron chi connectivity index (χ0n) is 18.9. The van der Waals surface area contributed by atoms with Crippen LogP contribution in [0.25, 0.3) is 0 Å². The first-order chi connectivity index (χ1) is 16.2. The first-order valence-electron chi connectivity index (χ1n) is 10.8. The van der Waals surface area contributed by atoms with Gasteiger partial charge in [-0.2, -0.15) is 0 Å². The quantitative estimate of drug-likeness (QED) is 0.459. The van der Waals surface area contributed by atoms with Crippen LogP contribution >= 0.6 is 11.3 Å². The zero-order chi connectivity index (χ0) is 24.5. The molecule has 0 saturated heterocycles. The largest absolute Gasteiger partial charge is 0.365 e. The molecule has 4 N–H and O–H groups in total. The summed E-state index contributed by atoms with van der Waals surface area (Å²) < 4.78 is 28.1. The highest BCUT2D eigenvalue weighted by Gasteiger charge is 2.29. The number of nitrogens with two attached hydrogens (primary N) is 1. The van der Waals surface area contributed by atoms with Crippen LogP contribution in [0.4, 0.5) is 10.7 Å². The van der Waals surface area contributed by atoms with Gasteiger partial charge < -0.3 is 11.1 Å². The standard InChI is InChI=1S/C24H26N4O4S2/c1-15(2)28-13-12-18-20(14-28)33-24(21(18)22(25)29)26-23(30)17-10-6-7-11-19(17)27-34(31,32)16-8-4-3-5-9-16/h3-11,15,27H,12-14H2,1-2H3,(H2,25,29)(H,26,30). The average molecular weight is 499 g/mol. The molecular formula is C24H26N4O4S2. The van der Waals surface area contributed by atoms with Crippen molar-refractivity contribution in [2.45, 2.75) is 37.8 Å². The second-order valence-electron chi connectivity index (χ2n) is 8.30. The first-order valence-corrected chi connectivity index (χ1v) is 13.1. The van der Waals surface area contributed by atoms with E-state index in [-0.39, 0.29) is 16.1 Å². The van der Waals surface area contributed by atoms with E-state index in [2.05, 4.69) is 28.8 Å². The first kappa shape index (κ1) is 23.9. The van der Waals surface area contributed by atoms with E-state index in [1.807, 2.05) is 0 Å². The van der Waals surface area contributed by atoms with Crippen molar-refractivity contribution in [2.75, 3.05) is 16.6 Å². The molecular weight excluding hydrogens is 472 g/mol. The van der Waals surface area contributed by atoms with Gasteiger partial charge in [-0.3, -0.25) is 19.2 Å². The van der Waals surface area contributed by atoms with Crippen LogP contribution in [0.1, 0.15) is 45.0 Å². The molecule has 0 fully saturated rings. The van der Waals surface area contributed by atoms with E-state index in [4.69, 9.17) is 5.73 Å². The number of primary amides is 1. The fourth-order valence-corrected chi connectivity index (χ4v) is 6.33. The van der Waals surface area contributed by atoms with Crippen molar-refractivity contribution < 1.29 is 18.0 Å². The minimum atomic E-state index is -3.89. The predicted octanol–water partition coefficient (Wildman–Crippen LogP) is 3.67. The number of sulfonamides is 1. The molecule has 178 valence electrons.